The normalized spacial score (nSPS) is 13.2. The van der Waals surface area contributed by atoms with Crippen LogP contribution in [-0.2, 0) is 6.42 Å². The SMILES string of the molecule is CCCNC(CCc1cc2cccc(Cl)c2o1)C(C)C. The average Bonchev–Trinajstić information content (AvgIpc) is 2.83. The Morgan fingerprint density at radius 2 is 2.10 bits per heavy atom. The molecule has 2 nitrogen and oxygen atoms in total. The topological polar surface area (TPSA) is 25.2 Å². The van der Waals surface area contributed by atoms with Gasteiger partial charge in [0.2, 0.25) is 0 Å². The summed E-state index contributed by atoms with van der Waals surface area (Å²) in [6.07, 6.45) is 3.21. The highest BCUT2D eigenvalue weighted by Crippen LogP contribution is 2.27. The van der Waals surface area contributed by atoms with E-state index in [1.165, 1.54) is 6.42 Å². The predicted octanol–water partition coefficient (Wildman–Crippen LogP) is 5.04. The van der Waals surface area contributed by atoms with Gasteiger partial charge in [0, 0.05) is 17.8 Å². The first-order valence-electron chi connectivity index (χ1n) is 7.52. The van der Waals surface area contributed by atoms with Crippen LogP contribution in [0.5, 0.6) is 0 Å². The van der Waals surface area contributed by atoms with Crippen molar-refractivity contribution in [2.45, 2.75) is 46.1 Å². The summed E-state index contributed by atoms with van der Waals surface area (Å²) in [5, 5.41) is 5.40. The molecule has 0 spiro atoms. The van der Waals surface area contributed by atoms with E-state index < -0.39 is 0 Å². The number of nitrogens with one attached hydrogen (secondary N) is 1. The lowest BCUT2D eigenvalue weighted by Gasteiger charge is -2.21. The fourth-order valence-electron chi connectivity index (χ4n) is 2.50. The van der Waals surface area contributed by atoms with E-state index in [1.807, 2.05) is 18.2 Å². The number of hydrogen-bond donors (Lipinski definition) is 1. The molecule has 1 atom stereocenters. The molecule has 0 amide bonds. The first kappa shape index (κ1) is 15.4. The van der Waals surface area contributed by atoms with Crippen LogP contribution >= 0.6 is 11.6 Å². The number of hydrogen-bond acceptors (Lipinski definition) is 2. The maximum Gasteiger partial charge on any atom is 0.152 e. The fourth-order valence-corrected chi connectivity index (χ4v) is 2.72. The summed E-state index contributed by atoms with van der Waals surface area (Å²) < 4.78 is 5.87. The molecule has 2 rings (SSSR count). The van der Waals surface area contributed by atoms with E-state index >= 15 is 0 Å². The minimum Gasteiger partial charge on any atom is -0.460 e. The van der Waals surface area contributed by atoms with Crippen LogP contribution in [0.1, 0.15) is 39.4 Å². The lowest BCUT2D eigenvalue weighted by atomic mass is 9.98. The second-order valence-electron chi connectivity index (χ2n) is 5.71. The third kappa shape index (κ3) is 3.77. The smallest absolute Gasteiger partial charge is 0.152 e. The number of para-hydroxylation sites is 1. The van der Waals surface area contributed by atoms with Gasteiger partial charge in [0.15, 0.2) is 5.58 Å². The van der Waals surface area contributed by atoms with E-state index in [1.54, 1.807) is 0 Å². The highest BCUT2D eigenvalue weighted by atomic mass is 35.5. The van der Waals surface area contributed by atoms with E-state index in [0.29, 0.717) is 17.0 Å². The quantitative estimate of drug-likeness (QED) is 0.773. The Morgan fingerprint density at radius 1 is 1.30 bits per heavy atom. The molecule has 1 unspecified atom stereocenters. The molecule has 20 heavy (non-hydrogen) atoms. The molecule has 0 saturated heterocycles. The first-order chi connectivity index (χ1) is 9.61. The van der Waals surface area contributed by atoms with Gasteiger partial charge >= 0.3 is 0 Å². The van der Waals surface area contributed by atoms with Gasteiger partial charge in [-0.1, -0.05) is 44.5 Å². The van der Waals surface area contributed by atoms with Crippen LogP contribution in [0.2, 0.25) is 5.02 Å². The predicted molar refractivity (Wildman–Crippen MR) is 86.5 cm³/mol. The van der Waals surface area contributed by atoms with Gasteiger partial charge in [-0.3, -0.25) is 0 Å². The van der Waals surface area contributed by atoms with Gasteiger partial charge < -0.3 is 9.73 Å². The first-order valence-corrected chi connectivity index (χ1v) is 7.90. The van der Waals surface area contributed by atoms with Gasteiger partial charge in [-0.2, -0.15) is 0 Å². The molecule has 0 aliphatic heterocycles. The van der Waals surface area contributed by atoms with Gasteiger partial charge in [0.05, 0.1) is 5.02 Å². The number of furan rings is 1. The van der Waals surface area contributed by atoms with Crippen LogP contribution in [0.3, 0.4) is 0 Å². The number of rotatable bonds is 7. The van der Waals surface area contributed by atoms with Crippen LogP contribution in [0.15, 0.2) is 28.7 Å². The highest BCUT2D eigenvalue weighted by Gasteiger charge is 2.14. The molecule has 1 aromatic heterocycles. The Kier molecular flexibility index (Phi) is 5.50. The molecule has 1 N–H and O–H groups in total. The largest absolute Gasteiger partial charge is 0.460 e. The summed E-state index contributed by atoms with van der Waals surface area (Å²) in [4.78, 5) is 0. The maximum absolute atomic E-state index is 6.15. The zero-order valence-electron chi connectivity index (χ0n) is 12.6. The average molecular weight is 294 g/mol. The van der Waals surface area contributed by atoms with Crippen molar-refractivity contribution in [3.8, 4) is 0 Å². The lowest BCUT2D eigenvalue weighted by Crippen LogP contribution is -2.34. The number of fused-ring (bicyclic) bond motifs is 1. The fraction of sp³-hybridized carbons (Fsp3) is 0.529. The molecular weight excluding hydrogens is 270 g/mol. The van der Waals surface area contributed by atoms with Crippen molar-refractivity contribution in [2.24, 2.45) is 5.92 Å². The summed E-state index contributed by atoms with van der Waals surface area (Å²) >= 11 is 6.15. The number of aryl methyl sites for hydroxylation is 1. The summed E-state index contributed by atoms with van der Waals surface area (Å²) in [5.41, 5.74) is 0.812. The lowest BCUT2D eigenvalue weighted by molar-refractivity contribution is 0.368. The molecule has 0 radical (unpaired) electrons. The summed E-state index contributed by atoms with van der Waals surface area (Å²) in [6, 6.07) is 8.53. The van der Waals surface area contributed by atoms with Gasteiger partial charge in [0.1, 0.15) is 5.76 Å². The minimum absolute atomic E-state index is 0.540. The Hall–Kier alpha value is -0.990. The Bertz CT molecular complexity index is 547. The molecule has 2 aromatic rings. The third-order valence-electron chi connectivity index (χ3n) is 3.71. The Balaban J connectivity index is 2.02. The molecule has 3 heteroatoms. The summed E-state index contributed by atoms with van der Waals surface area (Å²) in [6.45, 7) is 7.81. The van der Waals surface area contributed by atoms with Gasteiger partial charge in [-0.15, -0.1) is 0 Å². The van der Waals surface area contributed by atoms with Crippen molar-refractivity contribution in [2.75, 3.05) is 6.54 Å². The highest BCUT2D eigenvalue weighted by molar-refractivity contribution is 6.34. The van der Waals surface area contributed by atoms with Crippen molar-refractivity contribution in [1.29, 1.82) is 0 Å². The zero-order valence-corrected chi connectivity index (χ0v) is 13.3. The van der Waals surface area contributed by atoms with Crippen LogP contribution in [-0.4, -0.2) is 12.6 Å². The zero-order chi connectivity index (χ0) is 14.5. The molecular formula is C17H24ClNO. The van der Waals surface area contributed by atoms with E-state index in [9.17, 15) is 0 Å². The Morgan fingerprint density at radius 3 is 2.75 bits per heavy atom. The molecule has 110 valence electrons. The molecule has 1 aromatic carbocycles. The van der Waals surface area contributed by atoms with Crippen LogP contribution in [0.4, 0.5) is 0 Å². The van der Waals surface area contributed by atoms with Gasteiger partial charge in [-0.25, -0.2) is 0 Å². The van der Waals surface area contributed by atoms with Crippen molar-refractivity contribution in [1.82, 2.24) is 5.32 Å². The van der Waals surface area contributed by atoms with Crippen molar-refractivity contribution < 1.29 is 4.42 Å². The van der Waals surface area contributed by atoms with Crippen molar-refractivity contribution in [3.63, 3.8) is 0 Å². The number of halogens is 1. The molecule has 0 aliphatic rings. The van der Waals surface area contributed by atoms with Crippen molar-refractivity contribution in [3.05, 3.63) is 35.0 Å². The third-order valence-corrected chi connectivity index (χ3v) is 4.01. The second kappa shape index (κ2) is 7.14. The summed E-state index contributed by atoms with van der Waals surface area (Å²) in [5.74, 6) is 1.66. The van der Waals surface area contributed by atoms with Crippen LogP contribution < -0.4 is 5.32 Å². The number of benzene rings is 1. The monoisotopic (exact) mass is 293 g/mol. The van der Waals surface area contributed by atoms with E-state index in [4.69, 9.17) is 16.0 Å². The Labute approximate surface area is 126 Å². The maximum atomic E-state index is 6.15. The van der Waals surface area contributed by atoms with E-state index in [2.05, 4.69) is 32.2 Å². The molecule has 0 bridgehead atoms. The molecule has 0 fully saturated rings. The second-order valence-corrected chi connectivity index (χ2v) is 6.12. The van der Waals surface area contributed by atoms with E-state index in [-0.39, 0.29) is 0 Å². The molecule has 1 heterocycles. The summed E-state index contributed by atoms with van der Waals surface area (Å²) in [7, 11) is 0. The van der Waals surface area contributed by atoms with Gasteiger partial charge in [0.25, 0.3) is 0 Å². The van der Waals surface area contributed by atoms with Crippen LogP contribution in [0.25, 0.3) is 11.0 Å². The standard InChI is InChI=1S/C17H24ClNO/c1-4-10-19-16(12(2)3)9-8-14-11-13-6-5-7-15(18)17(13)20-14/h5-7,11-12,16,19H,4,8-10H2,1-3H3. The molecule has 0 saturated carbocycles. The van der Waals surface area contributed by atoms with Crippen LogP contribution in [0, 0.1) is 5.92 Å². The van der Waals surface area contributed by atoms with Gasteiger partial charge in [-0.05, 0) is 37.4 Å². The minimum atomic E-state index is 0.540. The molecule has 0 aliphatic carbocycles. The van der Waals surface area contributed by atoms with Crippen molar-refractivity contribution >= 4 is 22.6 Å². The van der Waals surface area contributed by atoms with E-state index in [0.717, 1.165) is 36.1 Å².